The van der Waals surface area contributed by atoms with Crippen LogP contribution in [0.1, 0.15) is 0 Å². The minimum absolute atomic E-state index is 0.0509. The van der Waals surface area contributed by atoms with Crippen molar-refractivity contribution in [1.82, 2.24) is 4.90 Å². The van der Waals surface area contributed by atoms with Crippen molar-refractivity contribution in [2.75, 3.05) is 20.6 Å². The first-order valence-corrected chi connectivity index (χ1v) is 2.36. The predicted octanol–water partition coefficient (Wildman–Crippen LogP) is -0.291. The fraction of sp³-hybridized carbons (Fsp3) is 0.800. The molecule has 2 heteroatoms. The van der Waals surface area contributed by atoms with Gasteiger partial charge in [-0.05, 0) is 21.0 Å². The van der Waals surface area contributed by atoms with Gasteiger partial charge in [0.1, 0.15) is 0 Å². The molecule has 43 valence electrons. The fourth-order valence-electron chi connectivity index (χ4n) is 0.469. The largest absolute Gasteiger partial charge is 0.327 e. The van der Waals surface area contributed by atoms with Crippen LogP contribution in [0.2, 0.25) is 0 Å². The fourth-order valence-corrected chi connectivity index (χ4v) is 0.469. The Bertz CT molecular complexity index is 35.3. The second-order valence-electron chi connectivity index (χ2n) is 2.02. The van der Waals surface area contributed by atoms with Gasteiger partial charge < -0.3 is 10.6 Å². The molecule has 0 aromatic carbocycles. The third-order valence-corrected chi connectivity index (χ3v) is 0.600. The molecule has 1 radical (unpaired) electrons. The van der Waals surface area contributed by atoms with Gasteiger partial charge in [0.2, 0.25) is 0 Å². The van der Waals surface area contributed by atoms with Crippen molar-refractivity contribution in [1.29, 1.82) is 0 Å². The minimum Gasteiger partial charge on any atom is -0.327 e. The molecular formula is C5H13N2. The van der Waals surface area contributed by atoms with E-state index >= 15 is 0 Å². The quantitative estimate of drug-likeness (QED) is 0.518. The summed E-state index contributed by atoms with van der Waals surface area (Å²) in [5, 5.41) is 0. The van der Waals surface area contributed by atoms with Gasteiger partial charge in [0, 0.05) is 12.6 Å². The lowest BCUT2D eigenvalue weighted by molar-refractivity contribution is 0.394. The number of nitrogens with two attached hydrogens (primary N) is 1. The Hall–Kier alpha value is -0.0800. The molecule has 7 heavy (non-hydrogen) atoms. The highest BCUT2D eigenvalue weighted by Gasteiger charge is 1.92. The molecule has 0 spiro atoms. The van der Waals surface area contributed by atoms with Crippen LogP contribution in [-0.2, 0) is 0 Å². The maximum atomic E-state index is 5.34. The lowest BCUT2D eigenvalue weighted by Gasteiger charge is -2.10. The van der Waals surface area contributed by atoms with Crippen LogP contribution in [0.3, 0.4) is 0 Å². The zero-order valence-electron chi connectivity index (χ0n) is 5.02. The van der Waals surface area contributed by atoms with Gasteiger partial charge in [0.15, 0.2) is 0 Å². The Labute approximate surface area is 45.3 Å². The van der Waals surface area contributed by atoms with Crippen molar-refractivity contribution < 1.29 is 0 Å². The SMILES string of the molecule is [CH2]C(N)CN(C)C. The lowest BCUT2D eigenvalue weighted by atomic mass is 10.3. The van der Waals surface area contributed by atoms with E-state index in [-0.39, 0.29) is 6.04 Å². The van der Waals surface area contributed by atoms with Crippen molar-refractivity contribution in [3.8, 4) is 0 Å². The second-order valence-corrected chi connectivity index (χ2v) is 2.02. The minimum atomic E-state index is 0.0509. The van der Waals surface area contributed by atoms with Crippen molar-refractivity contribution in [2.45, 2.75) is 6.04 Å². The third kappa shape index (κ3) is 5.92. The molecule has 0 aliphatic rings. The average molecular weight is 101 g/mol. The first-order valence-electron chi connectivity index (χ1n) is 2.36. The van der Waals surface area contributed by atoms with Crippen molar-refractivity contribution >= 4 is 0 Å². The number of hydrogen-bond acceptors (Lipinski definition) is 2. The summed E-state index contributed by atoms with van der Waals surface area (Å²) < 4.78 is 0. The second kappa shape index (κ2) is 2.99. The van der Waals surface area contributed by atoms with Crippen molar-refractivity contribution in [3.63, 3.8) is 0 Å². The lowest BCUT2D eigenvalue weighted by Crippen LogP contribution is -2.30. The summed E-state index contributed by atoms with van der Waals surface area (Å²) in [5.41, 5.74) is 5.34. The molecule has 0 fully saturated rings. The van der Waals surface area contributed by atoms with E-state index in [0.29, 0.717) is 0 Å². The van der Waals surface area contributed by atoms with Gasteiger partial charge in [0.05, 0.1) is 0 Å². The zero-order chi connectivity index (χ0) is 5.86. The van der Waals surface area contributed by atoms with E-state index in [4.69, 9.17) is 5.73 Å². The molecule has 0 aliphatic heterocycles. The van der Waals surface area contributed by atoms with E-state index < -0.39 is 0 Å². The number of nitrogens with zero attached hydrogens (tertiary/aromatic N) is 1. The highest BCUT2D eigenvalue weighted by atomic mass is 15.1. The van der Waals surface area contributed by atoms with E-state index in [2.05, 4.69) is 6.92 Å². The van der Waals surface area contributed by atoms with Gasteiger partial charge in [-0.15, -0.1) is 0 Å². The molecule has 1 atom stereocenters. The summed E-state index contributed by atoms with van der Waals surface area (Å²) in [6.07, 6.45) is 0. The molecule has 0 amide bonds. The monoisotopic (exact) mass is 101 g/mol. The highest BCUT2D eigenvalue weighted by Crippen LogP contribution is 1.76. The van der Waals surface area contributed by atoms with Crippen LogP contribution in [0.4, 0.5) is 0 Å². The summed E-state index contributed by atoms with van der Waals surface area (Å²) in [7, 11) is 3.95. The third-order valence-electron chi connectivity index (χ3n) is 0.600. The first-order chi connectivity index (χ1) is 3.13. The van der Waals surface area contributed by atoms with Crippen molar-refractivity contribution in [2.24, 2.45) is 5.73 Å². The molecule has 0 saturated carbocycles. The van der Waals surface area contributed by atoms with Gasteiger partial charge in [0.25, 0.3) is 0 Å². The normalized spacial score (nSPS) is 15.0. The molecule has 0 aromatic heterocycles. The summed E-state index contributed by atoms with van der Waals surface area (Å²) in [6, 6.07) is 0.0509. The topological polar surface area (TPSA) is 29.3 Å². The molecule has 2 N–H and O–H groups in total. The van der Waals surface area contributed by atoms with E-state index in [9.17, 15) is 0 Å². The molecule has 0 aromatic rings. The van der Waals surface area contributed by atoms with Crippen LogP contribution >= 0.6 is 0 Å². The Balaban J connectivity index is 2.95. The molecule has 2 nitrogen and oxygen atoms in total. The van der Waals surface area contributed by atoms with Crippen LogP contribution in [0, 0.1) is 6.92 Å². The molecule has 0 bridgehead atoms. The van der Waals surface area contributed by atoms with Crippen LogP contribution in [-0.4, -0.2) is 31.6 Å². The predicted molar refractivity (Wildman–Crippen MR) is 31.9 cm³/mol. The Morgan fingerprint density at radius 3 is 2.14 bits per heavy atom. The van der Waals surface area contributed by atoms with Crippen LogP contribution < -0.4 is 5.73 Å². The zero-order valence-corrected chi connectivity index (χ0v) is 5.02. The molecular weight excluding hydrogens is 88.1 g/mol. The Morgan fingerprint density at radius 1 is 1.71 bits per heavy atom. The maximum absolute atomic E-state index is 5.34. The van der Waals surface area contributed by atoms with E-state index in [1.807, 2.05) is 19.0 Å². The summed E-state index contributed by atoms with van der Waals surface area (Å²) >= 11 is 0. The number of likely N-dealkylation sites (N-methyl/N-ethyl adjacent to an activating group) is 1. The van der Waals surface area contributed by atoms with Gasteiger partial charge in [-0.1, -0.05) is 0 Å². The molecule has 0 rings (SSSR count). The van der Waals surface area contributed by atoms with E-state index in [1.54, 1.807) is 0 Å². The van der Waals surface area contributed by atoms with Gasteiger partial charge >= 0.3 is 0 Å². The van der Waals surface area contributed by atoms with Crippen LogP contribution in [0.25, 0.3) is 0 Å². The molecule has 1 unspecified atom stereocenters. The number of hydrogen-bond donors (Lipinski definition) is 1. The highest BCUT2D eigenvalue weighted by molar-refractivity contribution is 4.64. The van der Waals surface area contributed by atoms with Gasteiger partial charge in [-0.2, -0.15) is 0 Å². The summed E-state index contributed by atoms with van der Waals surface area (Å²) in [6.45, 7) is 4.48. The molecule has 0 saturated heterocycles. The van der Waals surface area contributed by atoms with Crippen LogP contribution in [0.15, 0.2) is 0 Å². The van der Waals surface area contributed by atoms with Crippen LogP contribution in [0.5, 0.6) is 0 Å². The average Bonchev–Trinajstić information content (AvgIpc) is 1.27. The molecule has 0 heterocycles. The maximum Gasteiger partial charge on any atom is 0.0168 e. The Morgan fingerprint density at radius 2 is 2.14 bits per heavy atom. The Kier molecular flexibility index (Phi) is 2.96. The van der Waals surface area contributed by atoms with E-state index in [0.717, 1.165) is 6.54 Å². The standard InChI is InChI=1S/C5H13N2/c1-5(6)4-7(2)3/h5H,1,4,6H2,2-3H3. The van der Waals surface area contributed by atoms with Gasteiger partial charge in [-0.25, -0.2) is 0 Å². The summed E-state index contributed by atoms with van der Waals surface area (Å²) in [4.78, 5) is 2.01. The first kappa shape index (κ1) is 6.92. The summed E-state index contributed by atoms with van der Waals surface area (Å²) in [5.74, 6) is 0. The molecule has 0 aliphatic carbocycles. The smallest absolute Gasteiger partial charge is 0.0168 e. The number of rotatable bonds is 2. The van der Waals surface area contributed by atoms with E-state index in [1.165, 1.54) is 0 Å². The van der Waals surface area contributed by atoms with Gasteiger partial charge in [-0.3, -0.25) is 0 Å². The van der Waals surface area contributed by atoms with Crippen molar-refractivity contribution in [3.05, 3.63) is 6.92 Å².